The van der Waals surface area contributed by atoms with Gasteiger partial charge in [0.1, 0.15) is 0 Å². The first kappa shape index (κ1) is 20.5. The minimum Gasteiger partial charge on any atom is -0.326 e. The van der Waals surface area contributed by atoms with Gasteiger partial charge in [-0.05, 0) is 38.5 Å². The van der Waals surface area contributed by atoms with Crippen LogP contribution >= 0.6 is 0 Å². The number of aromatic nitrogens is 2. The van der Waals surface area contributed by atoms with Gasteiger partial charge in [0.25, 0.3) is 5.56 Å². The van der Waals surface area contributed by atoms with Crippen LogP contribution in [0.5, 0.6) is 0 Å². The summed E-state index contributed by atoms with van der Waals surface area (Å²) >= 11 is 0. The molecule has 0 atom stereocenters. The van der Waals surface area contributed by atoms with Crippen LogP contribution in [0.1, 0.15) is 23.1 Å². The predicted molar refractivity (Wildman–Crippen MR) is 125 cm³/mol. The number of carbonyl (C=O) groups excluding carboxylic acids is 1. The topological polar surface area (TPSA) is 64.0 Å². The number of hydrogen-bond acceptors (Lipinski definition) is 3. The molecule has 1 amide bonds. The molecule has 0 aliphatic heterocycles. The molecule has 0 saturated heterocycles. The highest BCUT2D eigenvalue weighted by molar-refractivity contribution is 5.94. The van der Waals surface area contributed by atoms with Crippen LogP contribution in [0.2, 0.25) is 0 Å². The molecule has 0 bridgehead atoms. The molecule has 4 rings (SSSR count). The van der Waals surface area contributed by atoms with Gasteiger partial charge in [-0.3, -0.25) is 9.59 Å². The summed E-state index contributed by atoms with van der Waals surface area (Å²) in [4.78, 5) is 25.5. The molecule has 0 spiro atoms. The van der Waals surface area contributed by atoms with E-state index in [2.05, 4.69) is 10.4 Å². The number of carbonyl (C=O) groups is 1. The second-order valence-corrected chi connectivity index (χ2v) is 7.91. The van der Waals surface area contributed by atoms with Crippen molar-refractivity contribution in [3.63, 3.8) is 0 Å². The molecule has 0 aliphatic carbocycles. The lowest BCUT2D eigenvalue weighted by atomic mass is 10.0. The average Bonchev–Trinajstić information content (AvgIpc) is 2.76. The van der Waals surface area contributed by atoms with E-state index < -0.39 is 0 Å². The molecule has 0 aliphatic rings. The summed E-state index contributed by atoms with van der Waals surface area (Å²) in [7, 11) is 0. The molecule has 0 radical (unpaired) electrons. The molecule has 5 nitrogen and oxygen atoms in total. The standard InChI is InChI=1S/C26H25N3O2/c1-17-8-11-20(12-9-17)25-21-6-4-5-7-22(21)26(31)29(28-25)15-14-24(30)27-23-13-10-18(2)16-19(23)3/h4-13,16H,14-15H2,1-3H3,(H,27,30). The third-order valence-corrected chi connectivity index (χ3v) is 5.40. The number of rotatable bonds is 5. The van der Waals surface area contributed by atoms with Crippen LogP contribution in [0.25, 0.3) is 22.0 Å². The van der Waals surface area contributed by atoms with Crippen LogP contribution in [0, 0.1) is 20.8 Å². The number of amides is 1. The average molecular weight is 412 g/mol. The molecule has 156 valence electrons. The number of aryl methyl sites for hydroxylation is 4. The molecule has 1 aromatic heterocycles. The SMILES string of the molecule is Cc1ccc(-c2nn(CCC(=O)Nc3ccc(C)cc3C)c(=O)c3ccccc23)cc1. The first-order valence-corrected chi connectivity index (χ1v) is 10.4. The second-order valence-electron chi connectivity index (χ2n) is 7.91. The van der Waals surface area contributed by atoms with E-state index in [1.165, 1.54) is 4.68 Å². The summed E-state index contributed by atoms with van der Waals surface area (Å²) < 4.78 is 1.40. The van der Waals surface area contributed by atoms with E-state index in [0.29, 0.717) is 5.39 Å². The number of anilines is 1. The van der Waals surface area contributed by atoms with Gasteiger partial charge in [0, 0.05) is 23.1 Å². The maximum atomic E-state index is 13.0. The van der Waals surface area contributed by atoms with Crippen LogP contribution in [-0.4, -0.2) is 15.7 Å². The van der Waals surface area contributed by atoms with Crippen molar-refractivity contribution in [3.05, 3.63) is 93.8 Å². The maximum Gasteiger partial charge on any atom is 0.274 e. The Labute approximate surface area is 181 Å². The van der Waals surface area contributed by atoms with Crippen molar-refractivity contribution < 1.29 is 4.79 Å². The Hall–Kier alpha value is -3.73. The van der Waals surface area contributed by atoms with E-state index in [4.69, 9.17) is 0 Å². The van der Waals surface area contributed by atoms with Crippen molar-refractivity contribution in [2.45, 2.75) is 33.7 Å². The Morgan fingerprint density at radius 2 is 1.58 bits per heavy atom. The summed E-state index contributed by atoms with van der Waals surface area (Å²) in [6, 6.07) is 21.4. The fourth-order valence-corrected chi connectivity index (χ4v) is 3.69. The molecule has 1 N–H and O–H groups in total. The molecule has 5 heteroatoms. The van der Waals surface area contributed by atoms with Gasteiger partial charge < -0.3 is 5.32 Å². The van der Waals surface area contributed by atoms with Crippen LogP contribution in [0.15, 0.2) is 71.5 Å². The van der Waals surface area contributed by atoms with Crippen molar-refractivity contribution in [3.8, 4) is 11.3 Å². The van der Waals surface area contributed by atoms with Gasteiger partial charge in [0.15, 0.2) is 0 Å². The Bertz CT molecular complexity index is 1320. The molecule has 1 heterocycles. The van der Waals surface area contributed by atoms with Gasteiger partial charge in [0.2, 0.25) is 5.91 Å². The zero-order valence-electron chi connectivity index (χ0n) is 18.0. The molecule has 0 saturated carbocycles. The Balaban J connectivity index is 1.63. The molecule has 31 heavy (non-hydrogen) atoms. The van der Waals surface area contributed by atoms with Crippen LogP contribution in [0.3, 0.4) is 0 Å². The fraction of sp³-hybridized carbons (Fsp3) is 0.192. The van der Waals surface area contributed by atoms with Crippen molar-refractivity contribution in [1.82, 2.24) is 9.78 Å². The fourth-order valence-electron chi connectivity index (χ4n) is 3.69. The van der Waals surface area contributed by atoms with Gasteiger partial charge in [-0.2, -0.15) is 5.10 Å². The summed E-state index contributed by atoms with van der Waals surface area (Å²) in [5.74, 6) is -0.148. The number of fused-ring (bicyclic) bond motifs is 1. The lowest BCUT2D eigenvalue weighted by Crippen LogP contribution is -2.26. The van der Waals surface area contributed by atoms with E-state index in [1.807, 2.05) is 87.5 Å². The summed E-state index contributed by atoms with van der Waals surface area (Å²) in [6.07, 6.45) is 0.159. The normalized spacial score (nSPS) is 10.9. The minimum atomic E-state index is -0.189. The Morgan fingerprint density at radius 1 is 0.903 bits per heavy atom. The second kappa shape index (κ2) is 8.56. The van der Waals surface area contributed by atoms with Crippen LogP contribution in [0.4, 0.5) is 5.69 Å². The molecule has 4 aromatic rings. The maximum absolute atomic E-state index is 13.0. The Morgan fingerprint density at radius 3 is 2.29 bits per heavy atom. The summed E-state index contributed by atoms with van der Waals surface area (Å²) in [5, 5.41) is 8.98. The number of nitrogens with zero attached hydrogens (tertiary/aromatic N) is 2. The van der Waals surface area contributed by atoms with E-state index >= 15 is 0 Å². The van der Waals surface area contributed by atoms with Crippen molar-refractivity contribution >= 4 is 22.4 Å². The number of nitrogens with one attached hydrogen (secondary N) is 1. The van der Waals surface area contributed by atoms with E-state index in [9.17, 15) is 9.59 Å². The number of benzene rings is 3. The lowest BCUT2D eigenvalue weighted by molar-refractivity contribution is -0.116. The van der Waals surface area contributed by atoms with Gasteiger partial charge in [-0.15, -0.1) is 0 Å². The van der Waals surface area contributed by atoms with E-state index in [-0.39, 0.29) is 24.4 Å². The largest absolute Gasteiger partial charge is 0.326 e. The highest BCUT2D eigenvalue weighted by Gasteiger charge is 2.13. The quantitative estimate of drug-likeness (QED) is 0.502. The van der Waals surface area contributed by atoms with Crippen molar-refractivity contribution in [2.24, 2.45) is 0 Å². The summed E-state index contributed by atoms with van der Waals surface area (Å²) in [6.45, 7) is 6.22. The minimum absolute atomic E-state index is 0.148. The molecular weight excluding hydrogens is 386 g/mol. The molecule has 3 aromatic carbocycles. The highest BCUT2D eigenvalue weighted by Crippen LogP contribution is 2.25. The number of hydrogen-bond donors (Lipinski definition) is 1. The van der Waals surface area contributed by atoms with Crippen molar-refractivity contribution in [1.29, 1.82) is 0 Å². The first-order chi connectivity index (χ1) is 14.9. The zero-order valence-corrected chi connectivity index (χ0v) is 18.0. The van der Waals surface area contributed by atoms with Crippen LogP contribution in [-0.2, 0) is 11.3 Å². The monoisotopic (exact) mass is 411 g/mol. The third kappa shape index (κ3) is 4.40. The molecule has 0 unspecified atom stereocenters. The lowest BCUT2D eigenvalue weighted by Gasteiger charge is -2.12. The molecular formula is C26H25N3O2. The molecule has 0 fully saturated rings. The zero-order chi connectivity index (χ0) is 22.0. The van der Waals surface area contributed by atoms with Crippen LogP contribution < -0.4 is 10.9 Å². The van der Waals surface area contributed by atoms with E-state index in [0.717, 1.165) is 39.0 Å². The predicted octanol–water partition coefficient (Wildman–Crippen LogP) is 5.02. The van der Waals surface area contributed by atoms with Crippen molar-refractivity contribution in [2.75, 3.05) is 5.32 Å². The summed E-state index contributed by atoms with van der Waals surface area (Å²) in [5.41, 5.74) is 5.59. The highest BCUT2D eigenvalue weighted by atomic mass is 16.2. The first-order valence-electron chi connectivity index (χ1n) is 10.4. The van der Waals surface area contributed by atoms with Gasteiger partial charge >= 0.3 is 0 Å². The van der Waals surface area contributed by atoms with Gasteiger partial charge in [0.05, 0.1) is 17.6 Å². The van der Waals surface area contributed by atoms with Gasteiger partial charge in [-0.1, -0.05) is 65.7 Å². The third-order valence-electron chi connectivity index (χ3n) is 5.40. The smallest absolute Gasteiger partial charge is 0.274 e. The van der Waals surface area contributed by atoms with Gasteiger partial charge in [-0.25, -0.2) is 4.68 Å². The Kier molecular flexibility index (Phi) is 5.67. The van der Waals surface area contributed by atoms with E-state index in [1.54, 1.807) is 0 Å².